The molecule has 0 bridgehead atoms. The van der Waals surface area contributed by atoms with Crippen LogP contribution in [0, 0.1) is 0 Å². The summed E-state index contributed by atoms with van der Waals surface area (Å²) in [6.07, 6.45) is 4.39. The zero-order chi connectivity index (χ0) is 11.3. The fourth-order valence-corrected chi connectivity index (χ4v) is 1.46. The number of hydrogen-bond acceptors (Lipinski definition) is 3. The van der Waals surface area contributed by atoms with E-state index in [4.69, 9.17) is 9.47 Å². The lowest BCUT2D eigenvalue weighted by molar-refractivity contribution is -0.138. The molecule has 0 saturated heterocycles. The van der Waals surface area contributed by atoms with Crippen LogP contribution in [0.4, 0.5) is 0 Å². The molecule has 1 unspecified atom stereocenters. The first-order chi connectivity index (χ1) is 7.22. The highest BCUT2D eigenvalue weighted by atomic mass is 16.5. The maximum absolute atomic E-state index is 11.6. The van der Waals surface area contributed by atoms with Gasteiger partial charge in [-0.05, 0) is 6.92 Å². The van der Waals surface area contributed by atoms with Crippen molar-refractivity contribution in [3.63, 3.8) is 0 Å². The molecule has 15 heavy (non-hydrogen) atoms. The monoisotopic (exact) mass is 208 g/mol. The molecule has 0 fully saturated rings. The highest BCUT2D eigenvalue weighted by Crippen LogP contribution is 2.28. The van der Waals surface area contributed by atoms with Crippen LogP contribution < -0.4 is 0 Å². The predicted molar refractivity (Wildman–Crippen MR) is 58.2 cm³/mol. The standard InChI is InChI=1S/C12H16O3/c1-4-7-11-10(12(13)14-6-3)8-9(5-2)15-11/h4-5,9H,1-2,6-8H2,3H3. The van der Waals surface area contributed by atoms with Crippen LogP contribution in [-0.4, -0.2) is 18.7 Å². The lowest BCUT2D eigenvalue weighted by Gasteiger charge is -2.05. The normalized spacial score (nSPS) is 19.7. The van der Waals surface area contributed by atoms with Gasteiger partial charge in [-0.1, -0.05) is 18.7 Å². The van der Waals surface area contributed by atoms with E-state index in [9.17, 15) is 4.79 Å². The van der Waals surface area contributed by atoms with E-state index in [2.05, 4.69) is 13.2 Å². The van der Waals surface area contributed by atoms with Crippen LogP contribution in [0.15, 0.2) is 36.6 Å². The molecule has 1 aliphatic heterocycles. The van der Waals surface area contributed by atoms with Crippen LogP contribution in [0.3, 0.4) is 0 Å². The van der Waals surface area contributed by atoms with Crippen molar-refractivity contribution in [3.05, 3.63) is 36.6 Å². The summed E-state index contributed by atoms with van der Waals surface area (Å²) in [5, 5.41) is 0. The lowest BCUT2D eigenvalue weighted by Crippen LogP contribution is -2.08. The van der Waals surface area contributed by atoms with Crippen molar-refractivity contribution in [3.8, 4) is 0 Å². The molecule has 1 aliphatic rings. The number of rotatable bonds is 5. The summed E-state index contributed by atoms with van der Waals surface area (Å²) in [7, 11) is 0. The van der Waals surface area contributed by atoms with Gasteiger partial charge in [0, 0.05) is 12.8 Å². The van der Waals surface area contributed by atoms with Crippen molar-refractivity contribution in [2.45, 2.75) is 25.9 Å². The zero-order valence-corrected chi connectivity index (χ0v) is 8.99. The predicted octanol–water partition coefficient (Wildman–Crippen LogP) is 2.35. The van der Waals surface area contributed by atoms with Gasteiger partial charge in [0.15, 0.2) is 0 Å². The Morgan fingerprint density at radius 2 is 2.40 bits per heavy atom. The molecule has 0 saturated carbocycles. The van der Waals surface area contributed by atoms with Crippen LogP contribution in [0.2, 0.25) is 0 Å². The van der Waals surface area contributed by atoms with E-state index in [1.165, 1.54) is 0 Å². The fraction of sp³-hybridized carbons (Fsp3) is 0.417. The molecule has 82 valence electrons. The molecule has 3 heteroatoms. The van der Waals surface area contributed by atoms with Crippen LogP contribution in [-0.2, 0) is 14.3 Å². The molecule has 0 spiro atoms. The van der Waals surface area contributed by atoms with Crippen molar-refractivity contribution in [2.75, 3.05) is 6.61 Å². The van der Waals surface area contributed by atoms with E-state index in [1.807, 2.05) is 0 Å². The number of carbonyl (C=O) groups excluding carboxylic acids is 1. The van der Waals surface area contributed by atoms with Crippen LogP contribution in [0.25, 0.3) is 0 Å². The number of hydrogen-bond donors (Lipinski definition) is 0. The summed E-state index contributed by atoms with van der Waals surface area (Å²) in [5.41, 5.74) is 0.613. The lowest BCUT2D eigenvalue weighted by atomic mass is 10.1. The first-order valence-corrected chi connectivity index (χ1v) is 5.02. The van der Waals surface area contributed by atoms with Crippen LogP contribution in [0.5, 0.6) is 0 Å². The summed E-state index contributed by atoms with van der Waals surface area (Å²) in [4.78, 5) is 11.6. The second-order valence-corrected chi connectivity index (χ2v) is 3.21. The molecule has 0 aromatic carbocycles. The Hall–Kier alpha value is -1.51. The molecule has 0 radical (unpaired) electrons. The maximum Gasteiger partial charge on any atom is 0.337 e. The van der Waals surface area contributed by atoms with E-state index in [1.54, 1.807) is 19.1 Å². The van der Waals surface area contributed by atoms with Crippen molar-refractivity contribution >= 4 is 5.97 Å². The van der Waals surface area contributed by atoms with Crippen LogP contribution in [0.1, 0.15) is 19.8 Å². The second kappa shape index (κ2) is 5.39. The summed E-state index contributed by atoms with van der Waals surface area (Å²) in [6.45, 7) is 9.43. The smallest absolute Gasteiger partial charge is 0.337 e. The molecular weight excluding hydrogens is 192 g/mol. The Bertz CT molecular complexity index is 302. The van der Waals surface area contributed by atoms with Gasteiger partial charge in [-0.3, -0.25) is 0 Å². The maximum atomic E-state index is 11.6. The van der Waals surface area contributed by atoms with Gasteiger partial charge in [0.1, 0.15) is 11.9 Å². The highest BCUT2D eigenvalue weighted by molar-refractivity contribution is 5.89. The average Bonchev–Trinajstić information content (AvgIpc) is 2.62. The number of carbonyl (C=O) groups is 1. The van der Waals surface area contributed by atoms with Crippen molar-refractivity contribution in [1.82, 2.24) is 0 Å². The first kappa shape index (κ1) is 11.6. The van der Waals surface area contributed by atoms with E-state index in [0.717, 1.165) is 0 Å². The van der Waals surface area contributed by atoms with Gasteiger partial charge in [0.2, 0.25) is 0 Å². The molecule has 0 amide bonds. The Labute approximate surface area is 90.1 Å². The minimum absolute atomic E-state index is 0.112. The Morgan fingerprint density at radius 1 is 1.67 bits per heavy atom. The fourth-order valence-electron chi connectivity index (χ4n) is 1.46. The third-order valence-corrected chi connectivity index (χ3v) is 2.15. The molecule has 3 nitrogen and oxygen atoms in total. The van der Waals surface area contributed by atoms with Gasteiger partial charge >= 0.3 is 5.97 Å². The average molecular weight is 208 g/mol. The largest absolute Gasteiger partial charge is 0.489 e. The molecule has 0 aliphatic carbocycles. The Balaban J connectivity index is 2.78. The van der Waals surface area contributed by atoms with E-state index < -0.39 is 0 Å². The van der Waals surface area contributed by atoms with Crippen molar-refractivity contribution in [1.29, 1.82) is 0 Å². The van der Waals surface area contributed by atoms with E-state index in [-0.39, 0.29) is 12.1 Å². The molecular formula is C12H16O3. The van der Waals surface area contributed by atoms with Crippen LogP contribution >= 0.6 is 0 Å². The second-order valence-electron chi connectivity index (χ2n) is 3.21. The van der Waals surface area contributed by atoms with Gasteiger partial charge in [-0.2, -0.15) is 0 Å². The van der Waals surface area contributed by atoms with Gasteiger partial charge in [-0.15, -0.1) is 6.58 Å². The molecule has 0 aromatic rings. The molecule has 0 aromatic heterocycles. The topological polar surface area (TPSA) is 35.5 Å². The molecule has 1 atom stereocenters. The minimum Gasteiger partial charge on any atom is -0.489 e. The third-order valence-electron chi connectivity index (χ3n) is 2.15. The molecule has 0 N–H and O–H groups in total. The number of esters is 1. The number of allylic oxidation sites excluding steroid dienone is 1. The number of ether oxygens (including phenoxy) is 2. The van der Waals surface area contributed by atoms with Gasteiger partial charge in [0.05, 0.1) is 12.2 Å². The summed E-state index contributed by atoms with van der Waals surface area (Å²) in [5.74, 6) is 0.368. The summed E-state index contributed by atoms with van der Waals surface area (Å²) >= 11 is 0. The first-order valence-electron chi connectivity index (χ1n) is 5.02. The summed E-state index contributed by atoms with van der Waals surface area (Å²) < 4.78 is 10.5. The van der Waals surface area contributed by atoms with Crippen molar-refractivity contribution < 1.29 is 14.3 Å². The quantitative estimate of drug-likeness (QED) is 0.514. The van der Waals surface area contributed by atoms with E-state index in [0.29, 0.717) is 30.8 Å². The SMILES string of the molecule is C=CCC1=C(C(=O)OCC)CC(C=C)O1. The highest BCUT2D eigenvalue weighted by Gasteiger charge is 2.28. The molecule has 1 rings (SSSR count). The van der Waals surface area contributed by atoms with E-state index >= 15 is 0 Å². The summed E-state index contributed by atoms with van der Waals surface area (Å²) in [6, 6.07) is 0. The van der Waals surface area contributed by atoms with Gasteiger partial charge in [0.25, 0.3) is 0 Å². The Kier molecular flexibility index (Phi) is 4.16. The Morgan fingerprint density at radius 3 is 2.93 bits per heavy atom. The van der Waals surface area contributed by atoms with Gasteiger partial charge in [-0.25, -0.2) is 4.79 Å². The third kappa shape index (κ3) is 2.72. The van der Waals surface area contributed by atoms with Crippen molar-refractivity contribution in [2.24, 2.45) is 0 Å². The molecule has 1 heterocycles. The zero-order valence-electron chi connectivity index (χ0n) is 8.99. The van der Waals surface area contributed by atoms with Gasteiger partial charge < -0.3 is 9.47 Å². The minimum atomic E-state index is -0.293.